The molecule has 0 aliphatic carbocycles. The van der Waals surface area contributed by atoms with Crippen LogP contribution in [0.5, 0.6) is 5.75 Å². The molecule has 4 N–H and O–H groups in total. The number of nitrogen functional groups attached to an aromatic ring is 1. The standard InChI is InChI=1S/C9H7NO.C6H7NO3S/c11-8-5-1-3-7-4-2-6-10-9(7)8;7-5-3-1-2-4-6(5)11(8,9)10/h1-6,11H;1-4H,7H2,(H,8,9,10). The molecule has 6 nitrogen and oxygen atoms in total. The zero-order chi connectivity index (χ0) is 16.2. The summed E-state index contributed by atoms with van der Waals surface area (Å²) in [7, 11) is -4.41. The zero-order valence-corrected chi connectivity index (χ0v) is 12.2. The number of benzene rings is 2. The first-order valence-corrected chi connectivity index (χ1v) is 7.69. The van der Waals surface area contributed by atoms with Crippen molar-refractivity contribution in [3.8, 4) is 5.75 Å². The van der Waals surface area contributed by atoms with Gasteiger partial charge in [0.15, 0.2) is 11.9 Å². The van der Waals surface area contributed by atoms with E-state index in [2.05, 4.69) is 4.98 Å². The largest absolute Gasteiger partial charge is 0.744 e. The van der Waals surface area contributed by atoms with E-state index in [1.807, 2.05) is 24.3 Å². The van der Waals surface area contributed by atoms with Crippen LogP contribution < -0.4 is 10.7 Å². The highest BCUT2D eigenvalue weighted by atomic mass is 32.2. The summed E-state index contributed by atoms with van der Waals surface area (Å²) >= 11 is 0. The highest BCUT2D eigenvalue weighted by molar-refractivity contribution is 7.86. The molecule has 0 amide bonds. The Hall–Kier alpha value is -2.64. The molecule has 22 heavy (non-hydrogen) atoms. The number of nitrogens with two attached hydrogens (primary N) is 1. The maximum atomic E-state index is 10.4. The molecule has 0 fully saturated rings. The van der Waals surface area contributed by atoms with Crippen LogP contribution in [0, 0.1) is 0 Å². The monoisotopic (exact) mass is 318 g/mol. The Morgan fingerprint density at radius 3 is 2.27 bits per heavy atom. The Balaban J connectivity index is 0.000000160. The third-order valence-corrected chi connectivity index (χ3v) is 3.77. The Kier molecular flexibility index (Phi) is 4.59. The molecule has 0 bridgehead atoms. The molecule has 0 atom stereocenters. The number of hydrogen-bond acceptors (Lipinski definition) is 5. The average molecular weight is 318 g/mol. The van der Waals surface area contributed by atoms with E-state index in [9.17, 15) is 18.1 Å². The van der Waals surface area contributed by atoms with Gasteiger partial charge < -0.3 is 15.4 Å². The van der Waals surface area contributed by atoms with Crippen molar-refractivity contribution >= 4 is 26.7 Å². The molecule has 0 spiro atoms. The van der Waals surface area contributed by atoms with E-state index >= 15 is 0 Å². The van der Waals surface area contributed by atoms with Crippen molar-refractivity contribution in [3.63, 3.8) is 0 Å². The van der Waals surface area contributed by atoms with E-state index in [4.69, 9.17) is 5.73 Å². The lowest BCUT2D eigenvalue weighted by Gasteiger charge is -2.08. The van der Waals surface area contributed by atoms with Gasteiger partial charge in [0.2, 0.25) is 0 Å². The number of pyridine rings is 1. The molecule has 0 unspecified atom stereocenters. The van der Waals surface area contributed by atoms with Crippen molar-refractivity contribution in [2.75, 3.05) is 5.73 Å². The van der Waals surface area contributed by atoms with Gasteiger partial charge in [-0.3, -0.25) is 0 Å². The van der Waals surface area contributed by atoms with Crippen LogP contribution in [0.4, 0.5) is 5.69 Å². The van der Waals surface area contributed by atoms with Crippen molar-refractivity contribution in [1.82, 2.24) is 0 Å². The molecular formula is C15H14N2O4S. The molecule has 1 heterocycles. The molecule has 0 radical (unpaired) electrons. The molecule has 3 rings (SSSR count). The van der Waals surface area contributed by atoms with E-state index in [1.54, 1.807) is 18.3 Å². The first-order chi connectivity index (χ1) is 10.4. The van der Waals surface area contributed by atoms with E-state index in [0.29, 0.717) is 5.75 Å². The van der Waals surface area contributed by atoms with Crippen LogP contribution in [-0.4, -0.2) is 18.1 Å². The molecule has 0 aliphatic heterocycles. The second-order valence-electron chi connectivity index (χ2n) is 4.40. The van der Waals surface area contributed by atoms with Gasteiger partial charge in [-0.15, -0.1) is 0 Å². The van der Waals surface area contributed by atoms with Crippen molar-refractivity contribution in [2.24, 2.45) is 0 Å². The number of nitrogens with one attached hydrogen (secondary N) is 1. The van der Waals surface area contributed by atoms with Gasteiger partial charge in [0.1, 0.15) is 10.1 Å². The van der Waals surface area contributed by atoms with Gasteiger partial charge in [-0.25, -0.2) is 13.4 Å². The lowest BCUT2D eigenvalue weighted by molar-refractivity contribution is -0.345. The molecule has 0 saturated heterocycles. The van der Waals surface area contributed by atoms with E-state index < -0.39 is 10.1 Å². The summed E-state index contributed by atoms with van der Waals surface area (Å²) in [6.45, 7) is 0. The number of rotatable bonds is 1. The number of aromatic nitrogens is 1. The number of fused-ring (bicyclic) bond motifs is 1. The number of para-hydroxylation sites is 2. The minimum atomic E-state index is -4.41. The number of aromatic amines is 1. The highest BCUT2D eigenvalue weighted by Gasteiger charge is 2.03. The molecule has 0 saturated carbocycles. The highest BCUT2D eigenvalue weighted by Crippen LogP contribution is 2.18. The zero-order valence-electron chi connectivity index (χ0n) is 11.4. The van der Waals surface area contributed by atoms with Crippen molar-refractivity contribution in [1.29, 1.82) is 0 Å². The normalized spacial score (nSPS) is 10.8. The Bertz CT molecular complexity index is 889. The lowest BCUT2D eigenvalue weighted by atomic mass is 10.2. The lowest BCUT2D eigenvalue weighted by Crippen LogP contribution is -2.02. The molecular weight excluding hydrogens is 304 g/mol. The summed E-state index contributed by atoms with van der Waals surface area (Å²) in [6, 6.07) is 14.8. The predicted molar refractivity (Wildman–Crippen MR) is 81.0 cm³/mol. The van der Waals surface area contributed by atoms with Gasteiger partial charge in [-0.2, -0.15) is 0 Å². The van der Waals surface area contributed by atoms with Crippen molar-refractivity contribution in [3.05, 3.63) is 60.8 Å². The predicted octanol–water partition coefficient (Wildman–Crippen LogP) is 1.53. The average Bonchev–Trinajstić information content (AvgIpc) is 2.48. The molecule has 0 aliphatic rings. The topological polar surface area (TPSA) is 118 Å². The van der Waals surface area contributed by atoms with Gasteiger partial charge in [-0.05, 0) is 30.3 Å². The molecule has 7 heteroatoms. The minimum absolute atomic E-state index is 0.0116. The smallest absolute Gasteiger partial charge is 0.252 e. The second-order valence-corrected chi connectivity index (χ2v) is 5.75. The Morgan fingerprint density at radius 2 is 1.68 bits per heavy atom. The number of phenols is 1. The van der Waals surface area contributed by atoms with Crippen LogP contribution in [0.15, 0.2) is 65.7 Å². The van der Waals surface area contributed by atoms with Crippen LogP contribution in [-0.2, 0) is 10.1 Å². The Labute approximate surface area is 127 Å². The van der Waals surface area contributed by atoms with E-state index in [0.717, 1.165) is 10.9 Å². The summed E-state index contributed by atoms with van der Waals surface area (Å²) < 4.78 is 31.3. The number of H-pyrrole nitrogens is 1. The Morgan fingerprint density at radius 1 is 1.00 bits per heavy atom. The molecule has 3 aromatic rings. The maximum Gasteiger partial charge on any atom is 0.252 e. The van der Waals surface area contributed by atoms with Crippen molar-refractivity contribution < 1.29 is 23.1 Å². The van der Waals surface area contributed by atoms with Gasteiger partial charge in [0, 0.05) is 11.8 Å². The van der Waals surface area contributed by atoms with Gasteiger partial charge >= 0.3 is 0 Å². The van der Waals surface area contributed by atoms with Gasteiger partial charge in [-0.1, -0.05) is 18.2 Å². The summed E-state index contributed by atoms with van der Waals surface area (Å²) in [5.41, 5.74) is 6.00. The van der Waals surface area contributed by atoms with E-state index in [-0.39, 0.29) is 10.6 Å². The minimum Gasteiger partial charge on any atom is -0.744 e. The van der Waals surface area contributed by atoms with Crippen LogP contribution in [0.1, 0.15) is 0 Å². The summed E-state index contributed by atoms with van der Waals surface area (Å²) in [5.74, 6) is 0.295. The van der Waals surface area contributed by atoms with Gasteiger partial charge in [0.05, 0.1) is 10.3 Å². The number of phenolic OH excluding ortho intramolecular Hbond substituents is 1. The van der Waals surface area contributed by atoms with Crippen LogP contribution >= 0.6 is 0 Å². The van der Waals surface area contributed by atoms with Crippen molar-refractivity contribution in [2.45, 2.75) is 4.90 Å². The second kappa shape index (κ2) is 6.42. The first kappa shape index (κ1) is 15.7. The SMILES string of the molecule is Nc1ccccc1S(=O)(=O)[O-].Oc1cccc2ccc[nH+]c12. The van der Waals surface area contributed by atoms with E-state index in [1.165, 1.54) is 18.2 Å². The van der Waals surface area contributed by atoms with Gasteiger partial charge in [0.25, 0.3) is 5.52 Å². The summed E-state index contributed by atoms with van der Waals surface area (Å²) in [6.07, 6.45) is 1.79. The fourth-order valence-corrected chi connectivity index (χ4v) is 2.45. The molecule has 2 aromatic carbocycles. The number of hydrogen-bond donors (Lipinski definition) is 2. The third kappa shape index (κ3) is 3.72. The fraction of sp³-hybridized carbons (Fsp3) is 0. The van der Waals surface area contributed by atoms with Crippen LogP contribution in [0.3, 0.4) is 0 Å². The number of aromatic hydroxyl groups is 1. The molecule has 114 valence electrons. The third-order valence-electron chi connectivity index (χ3n) is 2.86. The van der Waals surface area contributed by atoms with Crippen LogP contribution in [0.25, 0.3) is 10.9 Å². The maximum absolute atomic E-state index is 10.4. The fourth-order valence-electron chi connectivity index (χ4n) is 1.85. The molecule has 1 aromatic heterocycles. The number of anilines is 1. The van der Waals surface area contributed by atoms with Crippen LogP contribution in [0.2, 0.25) is 0 Å². The summed E-state index contributed by atoms with van der Waals surface area (Å²) in [4.78, 5) is 2.61. The first-order valence-electron chi connectivity index (χ1n) is 6.28. The summed E-state index contributed by atoms with van der Waals surface area (Å²) in [5, 5.41) is 10.4. The quantitative estimate of drug-likeness (QED) is 0.521.